The van der Waals surface area contributed by atoms with Crippen LogP contribution in [0, 0.1) is 11.3 Å². The van der Waals surface area contributed by atoms with Crippen molar-refractivity contribution in [3.05, 3.63) is 65.1 Å². The van der Waals surface area contributed by atoms with Crippen molar-refractivity contribution < 1.29 is 13.3 Å². The van der Waals surface area contributed by atoms with Crippen molar-refractivity contribution in [2.24, 2.45) is 0 Å². The van der Waals surface area contributed by atoms with Crippen LogP contribution in [0.4, 0.5) is 0 Å². The fraction of sp³-hybridized carbons (Fsp3) is 0. The molecule has 0 saturated carbocycles. The minimum absolute atomic E-state index is 0.0697. The van der Waals surface area contributed by atoms with Crippen molar-refractivity contribution in [3.63, 3.8) is 0 Å². The number of hydrogen-bond donors (Lipinski definition) is 1. The molecule has 1 heterocycles. The van der Waals surface area contributed by atoms with E-state index in [1.807, 2.05) is 0 Å². The van der Waals surface area contributed by atoms with Crippen LogP contribution in [0.3, 0.4) is 0 Å². The van der Waals surface area contributed by atoms with Gasteiger partial charge in [0.1, 0.15) is 11.8 Å². The molecule has 0 amide bonds. The molecule has 0 atom stereocenters. The molecule has 2 aromatic rings. The SMILES string of the molecule is N#CC(=C1NOc2ccccc21)S(=O)(=O)c1ccccc1. The number of para-hydroxylation sites is 1. The largest absolute Gasteiger partial charge is 0.381 e. The molecule has 0 spiro atoms. The molecule has 0 radical (unpaired) electrons. The second-order valence-electron chi connectivity index (χ2n) is 4.33. The number of fused-ring (bicyclic) bond motifs is 1. The third-order valence-corrected chi connectivity index (χ3v) is 4.80. The van der Waals surface area contributed by atoms with Gasteiger partial charge < -0.3 is 4.84 Å². The van der Waals surface area contributed by atoms with Crippen LogP contribution in [-0.2, 0) is 9.84 Å². The summed E-state index contributed by atoms with van der Waals surface area (Å²) in [6.45, 7) is 0. The first-order chi connectivity index (χ1) is 10.1. The number of nitrogens with zero attached hydrogens (tertiary/aromatic N) is 1. The first kappa shape index (κ1) is 13.2. The number of sulfone groups is 1. The Morgan fingerprint density at radius 1 is 1.05 bits per heavy atom. The minimum atomic E-state index is -3.90. The number of nitriles is 1. The van der Waals surface area contributed by atoms with Crippen molar-refractivity contribution in [2.45, 2.75) is 4.90 Å². The van der Waals surface area contributed by atoms with Crippen LogP contribution in [-0.4, -0.2) is 8.42 Å². The standard InChI is InChI=1S/C15H10N2O3S/c16-10-14(21(18,19)11-6-2-1-3-7-11)15-12-8-4-5-9-13(12)20-17-15/h1-9,17H. The van der Waals surface area contributed by atoms with Gasteiger partial charge in [0.2, 0.25) is 9.84 Å². The maximum Gasteiger partial charge on any atom is 0.218 e. The molecule has 0 fully saturated rings. The van der Waals surface area contributed by atoms with Crippen LogP contribution in [0.25, 0.3) is 5.70 Å². The molecule has 0 bridgehead atoms. The summed E-state index contributed by atoms with van der Waals surface area (Å²) >= 11 is 0. The van der Waals surface area contributed by atoms with Gasteiger partial charge in [-0.3, -0.25) is 0 Å². The molecule has 5 nitrogen and oxygen atoms in total. The Hall–Kier alpha value is -2.78. The number of hydroxylamine groups is 1. The summed E-state index contributed by atoms with van der Waals surface area (Å²) < 4.78 is 25.2. The normalized spacial score (nSPS) is 15.4. The fourth-order valence-electron chi connectivity index (χ4n) is 2.06. The fourth-order valence-corrected chi connectivity index (χ4v) is 3.35. The lowest BCUT2D eigenvalue weighted by Gasteiger charge is -2.05. The molecule has 104 valence electrons. The monoisotopic (exact) mass is 298 g/mol. The molecule has 0 saturated heterocycles. The Kier molecular flexibility index (Phi) is 3.12. The molecule has 2 aromatic carbocycles. The van der Waals surface area contributed by atoms with E-state index in [1.54, 1.807) is 48.5 Å². The van der Waals surface area contributed by atoms with E-state index in [4.69, 9.17) is 4.84 Å². The quantitative estimate of drug-likeness (QED) is 0.860. The molecule has 0 aromatic heterocycles. The van der Waals surface area contributed by atoms with Crippen molar-refractivity contribution in [3.8, 4) is 11.8 Å². The van der Waals surface area contributed by atoms with Crippen LogP contribution in [0.2, 0.25) is 0 Å². The third kappa shape index (κ3) is 2.14. The molecule has 1 aliphatic rings. The van der Waals surface area contributed by atoms with Gasteiger partial charge in [0.15, 0.2) is 10.7 Å². The minimum Gasteiger partial charge on any atom is -0.381 e. The summed E-state index contributed by atoms with van der Waals surface area (Å²) in [5.41, 5.74) is 3.24. The lowest BCUT2D eigenvalue weighted by Crippen LogP contribution is -2.14. The van der Waals surface area contributed by atoms with Crippen molar-refractivity contribution in [1.29, 1.82) is 5.26 Å². The van der Waals surface area contributed by atoms with Gasteiger partial charge in [-0.1, -0.05) is 30.3 Å². The average Bonchev–Trinajstić information content (AvgIpc) is 2.93. The smallest absolute Gasteiger partial charge is 0.218 e. The lowest BCUT2D eigenvalue weighted by molar-refractivity contribution is 0.272. The predicted molar refractivity (Wildman–Crippen MR) is 76.4 cm³/mol. The number of hydrogen-bond acceptors (Lipinski definition) is 5. The number of benzene rings is 2. The molecule has 6 heteroatoms. The summed E-state index contributed by atoms with van der Waals surface area (Å²) in [5, 5.41) is 9.33. The van der Waals surface area contributed by atoms with Crippen molar-refractivity contribution in [2.75, 3.05) is 0 Å². The van der Waals surface area contributed by atoms with Crippen LogP contribution >= 0.6 is 0 Å². The zero-order valence-corrected chi connectivity index (χ0v) is 11.6. The van der Waals surface area contributed by atoms with E-state index in [0.29, 0.717) is 11.3 Å². The highest BCUT2D eigenvalue weighted by atomic mass is 32.2. The number of rotatable bonds is 2. The van der Waals surface area contributed by atoms with E-state index in [-0.39, 0.29) is 15.5 Å². The van der Waals surface area contributed by atoms with Crippen molar-refractivity contribution in [1.82, 2.24) is 5.48 Å². The number of nitrogens with one attached hydrogen (secondary N) is 1. The van der Waals surface area contributed by atoms with Gasteiger partial charge in [-0.15, -0.1) is 0 Å². The molecule has 0 unspecified atom stereocenters. The van der Waals surface area contributed by atoms with Gasteiger partial charge in [-0.2, -0.15) is 5.26 Å². The molecule has 1 aliphatic heterocycles. The summed E-state index contributed by atoms with van der Waals surface area (Å²) in [6, 6.07) is 16.5. The molecule has 0 aliphatic carbocycles. The first-order valence-corrected chi connectivity index (χ1v) is 7.59. The highest BCUT2D eigenvalue weighted by molar-refractivity contribution is 7.95. The van der Waals surface area contributed by atoms with Gasteiger partial charge in [0.25, 0.3) is 0 Å². The molecular formula is C15H10N2O3S. The van der Waals surface area contributed by atoms with Crippen LogP contribution in [0.15, 0.2) is 64.4 Å². The summed E-state index contributed by atoms with van der Waals surface area (Å²) in [4.78, 5) is 4.91. The summed E-state index contributed by atoms with van der Waals surface area (Å²) in [5.74, 6) is 0.489. The van der Waals surface area contributed by atoms with E-state index < -0.39 is 9.84 Å². The van der Waals surface area contributed by atoms with Gasteiger partial charge in [0, 0.05) is 5.56 Å². The first-order valence-electron chi connectivity index (χ1n) is 6.11. The topological polar surface area (TPSA) is 79.2 Å². The second kappa shape index (κ2) is 4.96. The summed E-state index contributed by atoms with van der Waals surface area (Å²) in [7, 11) is -3.90. The second-order valence-corrected chi connectivity index (χ2v) is 6.22. The molecular weight excluding hydrogens is 288 g/mol. The van der Waals surface area contributed by atoms with Crippen molar-refractivity contribution >= 4 is 15.5 Å². The van der Waals surface area contributed by atoms with Gasteiger partial charge in [-0.25, -0.2) is 13.9 Å². The van der Waals surface area contributed by atoms with Crippen LogP contribution in [0.5, 0.6) is 5.75 Å². The van der Waals surface area contributed by atoms with E-state index >= 15 is 0 Å². The molecule has 1 N–H and O–H groups in total. The van der Waals surface area contributed by atoms with Crippen LogP contribution < -0.4 is 10.3 Å². The van der Waals surface area contributed by atoms with Gasteiger partial charge in [-0.05, 0) is 24.3 Å². The zero-order chi connectivity index (χ0) is 14.9. The Balaban J connectivity index is 2.22. The Bertz CT molecular complexity index is 865. The van der Waals surface area contributed by atoms with Gasteiger partial charge >= 0.3 is 0 Å². The van der Waals surface area contributed by atoms with E-state index in [2.05, 4.69) is 5.48 Å². The van der Waals surface area contributed by atoms with E-state index in [9.17, 15) is 13.7 Å². The predicted octanol–water partition coefficient (Wildman–Crippen LogP) is 2.25. The zero-order valence-electron chi connectivity index (χ0n) is 10.8. The maximum absolute atomic E-state index is 12.6. The molecule has 3 rings (SSSR count). The van der Waals surface area contributed by atoms with Crippen LogP contribution in [0.1, 0.15) is 5.56 Å². The maximum atomic E-state index is 12.6. The highest BCUT2D eigenvalue weighted by Gasteiger charge is 2.30. The van der Waals surface area contributed by atoms with E-state index in [1.165, 1.54) is 12.1 Å². The lowest BCUT2D eigenvalue weighted by atomic mass is 10.1. The number of allylic oxidation sites excluding steroid dienone is 1. The summed E-state index contributed by atoms with van der Waals surface area (Å²) in [6.07, 6.45) is 0. The Morgan fingerprint density at radius 2 is 1.71 bits per heavy atom. The Morgan fingerprint density at radius 3 is 2.43 bits per heavy atom. The van der Waals surface area contributed by atoms with Gasteiger partial charge in [0.05, 0.1) is 4.90 Å². The average molecular weight is 298 g/mol. The third-order valence-electron chi connectivity index (χ3n) is 3.07. The molecule has 21 heavy (non-hydrogen) atoms. The van der Waals surface area contributed by atoms with E-state index in [0.717, 1.165) is 0 Å². The highest BCUT2D eigenvalue weighted by Crippen LogP contribution is 2.34. The Labute approximate surface area is 122 Å².